The summed E-state index contributed by atoms with van der Waals surface area (Å²) in [5.74, 6) is -0.813. The Bertz CT molecular complexity index is 743. The molecule has 2 amide bonds. The molecule has 3 heterocycles. The average molecular weight is 426 g/mol. The molecule has 0 aliphatic carbocycles. The molecule has 2 atom stereocenters. The van der Waals surface area contributed by atoms with Gasteiger partial charge in [0.05, 0.1) is 23.4 Å². The van der Waals surface area contributed by atoms with Crippen molar-refractivity contribution >= 4 is 21.8 Å². The maximum atomic E-state index is 13.1. The van der Waals surface area contributed by atoms with Crippen molar-refractivity contribution in [2.24, 2.45) is 5.92 Å². The van der Waals surface area contributed by atoms with Gasteiger partial charge < -0.3 is 9.80 Å². The minimum atomic E-state index is -3.69. The molecule has 0 spiro atoms. The Hall–Kier alpha value is -1.41. The second kappa shape index (κ2) is 9.60. The Labute approximate surface area is 175 Å². The van der Waals surface area contributed by atoms with Gasteiger partial charge in [0, 0.05) is 19.5 Å². The van der Waals surface area contributed by atoms with Crippen LogP contribution in [0.25, 0.3) is 0 Å². The van der Waals surface area contributed by atoms with E-state index in [0.717, 1.165) is 36.8 Å². The zero-order valence-corrected chi connectivity index (χ0v) is 18.6. The van der Waals surface area contributed by atoms with Crippen LogP contribution in [0.2, 0.25) is 0 Å². The summed E-state index contributed by atoms with van der Waals surface area (Å²) >= 11 is 0. The number of hydrogen-bond donors (Lipinski definition) is 0. The topological polar surface area (TPSA) is 78.0 Å². The molecule has 0 aromatic carbocycles. The molecule has 0 aromatic heterocycles. The van der Waals surface area contributed by atoms with Crippen molar-refractivity contribution in [2.45, 2.75) is 71.3 Å². The predicted octanol–water partition coefficient (Wildman–Crippen LogP) is 2.35. The summed E-state index contributed by atoms with van der Waals surface area (Å²) in [6.07, 6.45) is 8.48. The van der Waals surface area contributed by atoms with Gasteiger partial charge in [-0.1, -0.05) is 33.1 Å². The fourth-order valence-corrected chi connectivity index (χ4v) is 6.52. The van der Waals surface area contributed by atoms with Crippen LogP contribution in [-0.2, 0) is 19.6 Å². The number of sulfonamides is 1. The van der Waals surface area contributed by atoms with Gasteiger partial charge in [-0.2, -0.15) is 0 Å². The molecule has 2 fully saturated rings. The quantitative estimate of drug-likeness (QED) is 0.567. The highest BCUT2D eigenvalue weighted by molar-refractivity contribution is 7.89. The largest absolute Gasteiger partial charge is 0.329 e. The third kappa shape index (κ3) is 4.68. The molecule has 0 aromatic rings. The highest BCUT2D eigenvalue weighted by atomic mass is 32.2. The van der Waals surface area contributed by atoms with Gasteiger partial charge in [0.2, 0.25) is 21.8 Å². The van der Waals surface area contributed by atoms with E-state index in [1.807, 2.05) is 13.8 Å². The van der Waals surface area contributed by atoms with Crippen LogP contribution in [0, 0.1) is 5.92 Å². The van der Waals surface area contributed by atoms with Crippen molar-refractivity contribution in [3.05, 3.63) is 11.8 Å². The number of fused-ring (bicyclic) bond motifs is 1. The molecule has 3 rings (SSSR count). The van der Waals surface area contributed by atoms with Crippen LogP contribution in [0.1, 0.15) is 65.2 Å². The highest BCUT2D eigenvalue weighted by Crippen LogP contribution is 2.40. The SMILES string of the molecule is CCCCS(=O)(=O)N1C(=O)[C@H](CCC)[C@@H]2C1=CCN2C(=O)CCN1CCCCC1. The number of carbonyl (C=O) groups is 2. The van der Waals surface area contributed by atoms with Crippen molar-refractivity contribution in [1.29, 1.82) is 0 Å². The van der Waals surface area contributed by atoms with Gasteiger partial charge in [-0.05, 0) is 44.8 Å². The molecule has 7 nitrogen and oxygen atoms in total. The Morgan fingerprint density at radius 1 is 1.14 bits per heavy atom. The second-order valence-corrected chi connectivity index (χ2v) is 10.4. The van der Waals surface area contributed by atoms with Gasteiger partial charge in [0.1, 0.15) is 0 Å². The summed E-state index contributed by atoms with van der Waals surface area (Å²) in [6, 6.07) is -0.423. The van der Waals surface area contributed by atoms with E-state index in [0.29, 0.717) is 31.5 Å². The molecular weight excluding hydrogens is 390 g/mol. The number of hydrogen-bond acceptors (Lipinski definition) is 5. The molecule has 0 saturated carbocycles. The monoisotopic (exact) mass is 425 g/mol. The molecule has 0 radical (unpaired) electrons. The molecule has 0 unspecified atom stereocenters. The zero-order valence-electron chi connectivity index (χ0n) is 17.8. The first-order valence-electron chi connectivity index (χ1n) is 11.2. The fraction of sp³-hybridized carbons (Fsp3) is 0.810. The van der Waals surface area contributed by atoms with Crippen molar-refractivity contribution in [1.82, 2.24) is 14.1 Å². The van der Waals surface area contributed by atoms with Crippen molar-refractivity contribution < 1.29 is 18.0 Å². The van der Waals surface area contributed by atoms with E-state index in [1.54, 1.807) is 11.0 Å². The molecule has 8 heteroatoms. The molecule has 0 bridgehead atoms. The lowest BCUT2D eigenvalue weighted by Crippen LogP contribution is -2.42. The van der Waals surface area contributed by atoms with Crippen molar-refractivity contribution in [3.63, 3.8) is 0 Å². The third-order valence-corrected chi connectivity index (χ3v) is 8.07. The van der Waals surface area contributed by atoms with E-state index in [4.69, 9.17) is 0 Å². The summed E-state index contributed by atoms with van der Waals surface area (Å²) in [7, 11) is -3.69. The number of unbranched alkanes of at least 4 members (excludes halogenated alkanes) is 1. The standard InChI is InChI=1S/C21H35N3O4S/c1-3-5-16-29(27,28)24-18-10-15-23(20(18)17(9-4-2)21(24)26)19(25)11-14-22-12-7-6-8-13-22/h10,17,20H,3-9,11-16H2,1-2H3/t17-,20-/m1/s1. The minimum absolute atomic E-state index is 0.0218. The number of amides is 2. The minimum Gasteiger partial charge on any atom is -0.329 e. The van der Waals surface area contributed by atoms with Crippen molar-refractivity contribution in [2.75, 3.05) is 31.9 Å². The summed E-state index contributed by atoms with van der Waals surface area (Å²) < 4.78 is 26.7. The number of rotatable bonds is 9. The summed E-state index contributed by atoms with van der Waals surface area (Å²) in [5.41, 5.74) is 0.510. The van der Waals surface area contributed by atoms with Crippen LogP contribution >= 0.6 is 0 Å². The van der Waals surface area contributed by atoms with Crippen LogP contribution in [-0.4, -0.2) is 72.3 Å². The summed E-state index contributed by atoms with van der Waals surface area (Å²) in [5, 5.41) is 0. The van der Waals surface area contributed by atoms with E-state index in [-0.39, 0.29) is 17.6 Å². The van der Waals surface area contributed by atoms with E-state index < -0.39 is 22.0 Å². The predicted molar refractivity (Wildman–Crippen MR) is 112 cm³/mol. The Morgan fingerprint density at radius 3 is 2.52 bits per heavy atom. The Kier molecular flexibility index (Phi) is 7.37. The molecule has 3 aliphatic rings. The van der Waals surface area contributed by atoms with Crippen molar-refractivity contribution in [3.8, 4) is 0 Å². The van der Waals surface area contributed by atoms with E-state index in [2.05, 4.69) is 4.90 Å². The Morgan fingerprint density at radius 2 is 1.86 bits per heavy atom. The first-order chi connectivity index (χ1) is 13.9. The summed E-state index contributed by atoms with van der Waals surface area (Å²) in [6.45, 7) is 7.14. The lowest BCUT2D eigenvalue weighted by atomic mass is 9.96. The summed E-state index contributed by atoms with van der Waals surface area (Å²) in [4.78, 5) is 30.1. The maximum Gasteiger partial charge on any atom is 0.246 e. The first-order valence-corrected chi connectivity index (χ1v) is 12.8. The van der Waals surface area contributed by atoms with Gasteiger partial charge >= 0.3 is 0 Å². The van der Waals surface area contributed by atoms with Crippen LogP contribution in [0.4, 0.5) is 0 Å². The van der Waals surface area contributed by atoms with Gasteiger partial charge in [-0.25, -0.2) is 12.7 Å². The highest BCUT2D eigenvalue weighted by Gasteiger charge is 2.53. The second-order valence-electron chi connectivity index (χ2n) is 8.44. The molecule has 29 heavy (non-hydrogen) atoms. The number of likely N-dealkylation sites (tertiary alicyclic amines) is 1. The van der Waals surface area contributed by atoms with E-state index >= 15 is 0 Å². The van der Waals surface area contributed by atoms with Gasteiger partial charge in [-0.3, -0.25) is 9.59 Å². The van der Waals surface area contributed by atoms with Gasteiger partial charge in [0.25, 0.3) is 0 Å². The molecule has 0 N–H and O–H groups in total. The van der Waals surface area contributed by atoms with Crippen LogP contribution in [0.5, 0.6) is 0 Å². The van der Waals surface area contributed by atoms with Gasteiger partial charge in [-0.15, -0.1) is 0 Å². The normalized spacial score (nSPS) is 25.4. The Balaban J connectivity index is 1.73. The molecule has 164 valence electrons. The van der Waals surface area contributed by atoms with E-state index in [1.165, 1.54) is 19.3 Å². The molecule has 3 aliphatic heterocycles. The first kappa shape index (κ1) is 22.3. The third-order valence-electron chi connectivity index (χ3n) is 6.31. The number of piperidine rings is 1. The zero-order chi connectivity index (χ0) is 21.0. The van der Waals surface area contributed by atoms with Crippen LogP contribution in [0.15, 0.2) is 11.8 Å². The molecular formula is C21H35N3O4S. The number of carbonyl (C=O) groups excluding carboxylic acids is 2. The maximum absolute atomic E-state index is 13.1. The van der Waals surface area contributed by atoms with E-state index in [9.17, 15) is 18.0 Å². The lowest BCUT2D eigenvalue weighted by molar-refractivity contribution is -0.134. The van der Waals surface area contributed by atoms with Gasteiger partial charge in [0.15, 0.2) is 0 Å². The fourth-order valence-electron chi connectivity index (χ4n) is 4.77. The lowest BCUT2D eigenvalue weighted by Gasteiger charge is -2.30. The number of nitrogens with zero attached hydrogens (tertiary/aromatic N) is 3. The smallest absolute Gasteiger partial charge is 0.246 e. The molecule has 2 saturated heterocycles. The average Bonchev–Trinajstić information content (AvgIpc) is 3.24. The van der Waals surface area contributed by atoms with Crippen LogP contribution < -0.4 is 0 Å². The van der Waals surface area contributed by atoms with Crippen LogP contribution in [0.3, 0.4) is 0 Å².